The number of amides is 3. The number of nitrogens with zero attached hydrogens (tertiary/aromatic N) is 1. The lowest BCUT2D eigenvalue weighted by Crippen LogP contribution is -2.43. The van der Waals surface area contributed by atoms with Crippen molar-refractivity contribution in [1.82, 2.24) is 15.5 Å². The molecule has 2 aromatic rings. The van der Waals surface area contributed by atoms with E-state index in [1.54, 1.807) is 20.8 Å². The molecule has 2 aromatic carbocycles. The molecule has 1 aliphatic heterocycles. The number of rotatable bonds is 8. The van der Waals surface area contributed by atoms with Gasteiger partial charge in [-0.2, -0.15) is 0 Å². The van der Waals surface area contributed by atoms with E-state index in [1.165, 1.54) is 0 Å². The number of carbonyl (C=O) groups excluding carboxylic acids is 3. The van der Waals surface area contributed by atoms with Gasteiger partial charge in [0.15, 0.2) is 0 Å². The Balaban J connectivity index is 1.43. The first-order valence-corrected chi connectivity index (χ1v) is 12.3. The molecule has 0 aromatic heterocycles. The summed E-state index contributed by atoms with van der Waals surface area (Å²) in [4.78, 5) is 39.3. The molecule has 1 fully saturated rings. The highest BCUT2D eigenvalue weighted by Crippen LogP contribution is 2.25. The van der Waals surface area contributed by atoms with Gasteiger partial charge in [0.05, 0.1) is 5.92 Å². The van der Waals surface area contributed by atoms with E-state index in [2.05, 4.69) is 10.6 Å². The van der Waals surface area contributed by atoms with Gasteiger partial charge in [0.1, 0.15) is 5.60 Å². The van der Waals surface area contributed by atoms with Gasteiger partial charge in [-0.15, -0.1) is 0 Å². The Morgan fingerprint density at radius 1 is 0.914 bits per heavy atom. The van der Waals surface area contributed by atoms with Crippen molar-refractivity contribution in [2.24, 2.45) is 5.92 Å². The number of hydrogen-bond acceptors (Lipinski definition) is 4. The van der Waals surface area contributed by atoms with E-state index in [-0.39, 0.29) is 30.7 Å². The summed E-state index contributed by atoms with van der Waals surface area (Å²) in [5.74, 6) is -0.00230. The molecule has 2 N–H and O–H groups in total. The van der Waals surface area contributed by atoms with E-state index in [0.717, 1.165) is 24.0 Å². The predicted octanol–water partition coefficient (Wildman–Crippen LogP) is 4.09. The first-order valence-electron chi connectivity index (χ1n) is 12.3. The van der Waals surface area contributed by atoms with E-state index >= 15 is 0 Å². The van der Waals surface area contributed by atoms with Crippen LogP contribution in [0.1, 0.15) is 57.1 Å². The van der Waals surface area contributed by atoms with Crippen LogP contribution in [0.2, 0.25) is 0 Å². The fourth-order valence-corrected chi connectivity index (χ4v) is 4.26. The smallest absolute Gasteiger partial charge is 0.407 e. The molecular formula is C28H37N3O4. The molecular weight excluding hydrogens is 442 g/mol. The van der Waals surface area contributed by atoms with E-state index in [0.29, 0.717) is 25.6 Å². The molecule has 0 spiro atoms. The first kappa shape index (κ1) is 26.3. The zero-order valence-corrected chi connectivity index (χ0v) is 21.0. The Bertz CT molecular complexity index is 925. The molecule has 3 amide bonds. The monoisotopic (exact) mass is 479 g/mol. The molecule has 1 heterocycles. The van der Waals surface area contributed by atoms with Gasteiger partial charge < -0.3 is 20.3 Å². The van der Waals surface area contributed by atoms with Gasteiger partial charge in [-0.3, -0.25) is 9.59 Å². The van der Waals surface area contributed by atoms with E-state index in [1.807, 2.05) is 65.6 Å². The SMILES string of the molecule is CC(C)(C)OC(=O)NCCC(=O)N1CCC(CNC(=O)C(c2ccccc2)c2ccccc2)CC1. The molecule has 3 rings (SSSR count). The maximum atomic E-state index is 13.2. The van der Waals surface area contributed by atoms with Crippen molar-refractivity contribution >= 4 is 17.9 Å². The molecule has 1 aliphatic rings. The molecule has 0 aliphatic carbocycles. The van der Waals surface area contributed by atoms with Crippen LogP contribution in [0.3, 0.4) is 0 Å². The second-order valence-electron chi connectivity index (χ2n) is 10.0. The summed E-state index contributed by atoms with van der Waals surface area (Å²) < 4.78 is 5.19. The van der Waals surface area contributed by atoms with Crippen molar-refractivity contribution in [3.8, 4) is 0 Å². The number of piperidine rings is 1. The van der Waals surface area contributed by atoms with Crippen LogP contribution >= 0.6 is 0 Å². The van der Waals surface area contributed by atoms with Crippen LogP contribution in [0.4, 0.5) is 4.79 Å². The van der Waals surface area contributed by atoms with E-state index < -0.39 is 11.7 Å². The molecule has 35 heavy (non-hydrogen) atoms. The van der Waals surface area contributed by atoms with E-state index in [4.69, 9.17) is 4.74 Å². The third-order valence-corrected chi connectivity index (χ3v) is 6.07. The average Bonchev–Trinajstić information content (AvgIpc) is 2.83. The molecule has 7 heteroatoms. The zero-order valence-electron chi connectivity index (χ0n) is 21.0. The van der Waals surface area contributed by atoms with Gasteiger partial charge in [0.25, 0.3) is 0 Å². The van der Waals surface area contributed by atoms with Crippen LogP contribution in [-0.2, 0) is 14.3 Å². The zero-order chi connectivity index (χ0) is 25.3. The minimum atomic E-state index is -0.562. The Morgan fingerprint density at radius 3 is 1.97 bits per heavy atom. The molecule has 188 valence electrons. The van der Waals surface area contributed by atoms with Crippen LogP contribution < -0.4 is 10.6 Å². The number of alkyl carbamates (subject to hydrolysis) is 1. The van der Waals surface area contributed by atoms with Gasteiger partial charge in [0, 0.05) is 32.6 Å². The number of ether oxygens (including phenoxy) is 1. The molecule has 0 saturated carbocycles. The van der Waals surface area contributed by atoms with Crippen LogP contribution in [0.15, 0.2) is 60.7 Å². The number of nitrogens with one attached hydrogen (secondary N) is 2. The Labute approximate surface area is 208 Å². The fraction of sp³-hybridized carbons (Fsp3) is 0.464. The molecule has 0 unspecified atom stereocenters. The van der Waals surface area contributed by atoms with Gasteiger partial charge in [-0.05, 0) is 50.7 Å². The van der Waals surface area contributed by atoms with Gasteiger partial charge in [-0.25, -0.2) is 4.79 Å². The standard InChI is InChI=1S/C28H37N3O4/c1-28(2,3)35-27(34)29-17-14-24(32)31-18-15-21(16-19-31)20-30-26(33)25(22-10-6-4-7-11-22)23-12-8-5-9-13-23/h4-13,21,25H,14-20H2,1-3H3,(H,29,34)(H,30,33). The van der Waals surface area contributed by atoms with Crippen LogP contribution in [0.25, 0.3) is 0 Å². The van der Waals surface area contributed by atoms with Gasteiger partial charge in [0.2, 0.25) is 11.8 Å². The van der Waals surface area contributed by atoms with E-state index in [9.17, 15) is 14.4 Å². The molecule has 1 saturated heterocycles. The van der Waals surface area contributed by atoms with Crippen molar-refractivity contribution in [2.75, 3.05) is 26.2 Å². The maximum Gasteiger partial charge on any atom is 0.407 e. The highest BCUT2D eigenvalue weighted by Gasteiger charge is 2.26. The minimum absolute atomic E-state index is 0.00544. The van der Waals surface area contributed by atoms with Crippen LogP contribution in [0, 0.1) is 5.92 Å². The number of hydrogen-bond donors (Lipinski definition) is 2. The molecule has 0 atom stereocenters. The highest BCUT2D eigenvalue weighted by atomic mass is 16.6. The summed E-state index contributed by atoms with van der Waals surface area (Å²) >= 11 is 0. The lowest BCUT2D eigenvalue weighted by molar-refractivity contribution is -0.132. The summed E-state index contributed by atoms with van der Waals surface area (Å²) in [5.41, 5.74) is 1.38. The third-order valence-electron chi connectivity index (χ3n) is 6.07. The van der Waals surface area contributed by atoms with Crippen LogP contribution in [-0.4, -0.2) is 54.6 Å². The summed E-state index contributed by atoms with van der Waals surface area (Å²) in [6.07, 6.45) is 1.42. The second-order valence-corrected chi connectivity index (χ2v) is 10.0. The fourth-order valence-electron chi connectivity index (χ4n) is 4.26. The summed E-state index contributed by atoms with van der Waals surface area (Å²) in [6.45, 7) is 7.57. The summed E-state index contributed by atoms with van der Waals surface area (Å²) in [5, 5.41) is 5.79. The van der Waals surface area contributed by atoms with Crippen molar-refractivity contribution < 1.29 is 19.1 Å². The number of likely N-dealkylation sites (tertiary alicyclic amines) is 1. The molecule has 7 nitrogen and oxygen atoms in total. The highest BCUT2D eigenvalue weighted by molar-refractivity contribution is 5.87. The second kappa shape index (κ2) is 12.4. The largest absolute Gasteiger partial charge is 0.444 e. The number of benzene rings is 2. The predicted molar refractivity (Wildman–Crippen MR) is 136 cm³/mol. The van der Waals surface area contributed by atoms with Gasteiger partial charge in [-0.1, -0.05) is 60.7 Å². The Kier molecular flexibility index (Phi) is 9.29. The topological polar surface area (TPSA) is 87.7 Å². The van der Waals surface area contributed by atoms with Gasteiger partial charge >= 0.3 is 6.09 Å². The molecule has 0 radical (unpaired) electrons. The van der Waals surface area contributed by atoms with Crippen molar-refractivity contribution in [3.05, 3.63) is 71.8 Å². The Morgan fingerprint density at radius 2 is 1.46 bits per heavy atom. The lowest BCUT2D eigenvalue weighted by atomic mass is 9.90. The van der Waals surface area contributed by atoms with Crippen molar-refractivity contribution in [3.63, 3.8) is 0 Å². The normalized spacial score (nSPS) is 14.5. The summed E-state index contributed by atoms with van der Waals surface area (Å²) in [6, 6.07) is 19.7. The average molecular weight is 480 g/mol. The molecule has 0 bridgehead atoms. The van der Waals surface area contributed by atoms with Crippen molar-refractivity contribution in [1.29, 1.82) is 0 Å². The maximum absolute atomic E-state index is 13.2. The van der Waals surface area contributed by atoms with Crippen molar-refractivity contribution in [2.45, 2.75) is 51.6 Å². The third kappa shape index (κ3) is 8.42. The van der Waals surface area contributed by atoms with Crippen LogP contribution in [0.5, 0.6) is 0 Å². The quantitative estimate of drug-likeness (QED) is 0.597. The Hall–Kier alpha value is -3.35. The minimum Gasteiger partial charge on any atom is -0.444 e. The first-order chi connectivity index (χ1) is 16.7. The number of carbonyl (C=O) groups is 3. The summed E-state index contributed by atoms with van der Waals surface area (Å²) in [7, 11) is 0. The lowest BCUT2D eigenvalue weighted by Gasteiger charge is -2.32.